The van der Waals surface area contributed by atoms with Crippen LogP contribution in [0.2, 0.25) is 0 Å². The third-order valence-corrected chi connectivity index (χ3v) is 2.46. The molecule has 0 unspecified atom stereocenters. The predicted octanol–water partition coefficient (Wildman–Crippen LogP) is 2.87. The van der Waals surface area contributed by atoms with Crippen LogP contribution in [0.15, 0.2) is 40.8 Å². The number of furan rings is 1. The summed E-state index contributed by atoms with van der Waals surface area (Å²) in [6.45, 7) is 0.527. The Bertz CT molecular complexity index is 504. The molecular formula is C13H12FNO2. The van der Waals surface area contributed by atoms with Gasteiger partial charge >= 0.3 is 0 Å². The van der Waals surface area contributed by atoms with Crippen LogP contribution in [0.25, 0.3) is 0 Å². The SMILES string of the molecule is CN(Cc1ccc(C=O)o1)c1ccc(F)cc1. The molecule has 0 aliphatic heterocycles. The summed E-state index contributed by atoms with van der Waals surface area (Å²) >= 11 is 0. The number of rotatable bonds is 4. The maximum Gasteiger partial charge on any atom is 0.185 e. The van der Waals surface area contributed by atoms with Gasteiger partial charge in [0.2, 0.25) is 0 Å². The van der Waals surface area contributed by atoms with E-state index in [4.69, 9.17) is 4.42 Å². The van der Waals surface area contributed by atoms with Crippen LogP contribution in [0.3, 0.4) is 0 Å². The fraction of sp³-hybridized carbons (Fsp3) is 0.154. The van der Waals surface area contributed by atoms with Crippen LogP contribution in [0, 0.1) is 5.82 Å². The first kappa shape index (κ1) is 11.4. The molecule has 0 aliphatic carbocycles. The number of nitrogens with zero attached hydrogens (tertiary/aromatic N) is 1. The lowest BCUT2D eigenvalue weighted by atomic mass is 10.3. The van der Waals surface area contributed by atoms with Gasteiger partial charge in [0.25, 0.3) is 0 Å². The van der Waals surface area contributed by atoms with Gasteiger partial charge in [-0.3, -0.25) is 4.79 Å². The molecule has 1 heterocycles. The molecule has 88 valence electrons. The van der Waals surface area contributed by atoms with Gasteiger partial charge in [0.15, 0.2) is 12.0 Å². The topological polar surface area (TPSA) is 33.5 Å². The van der Waals surface area contributed by atoms with E-state index < -0.39 is 0 Å². The number of halogens is 1. The van der Waals surface area contributed by atoms with Crippen molar-refractivity contribution in [1.82, 2.24) is 0 Å². The zero-order valence-electron chi connectivity index (χ0n) is 9.39. The minimum Gasteiger partial charge on any atom is -0.456 e. The maximum absolute atomic E-state index is 12.8. The van der Waals surface area contributed by atoms with E-state index >= 15 is 0 Å². The standard InChI is InChI=1S/C13H12FNO2/c1-15(11-4-2-10(14)3-5-11)8-12-6-7-13(9-16)17-12/h2-7,9H,8H2,1H3. The molecule has 0 aliphatic rings. The van der Waals surface area contributed by atoms with Crippen molar-refractivity contribution in [3.8, 4) is 0 Å². The Kier molecular flexibility index (Phi) is 3.23. The van der Waals surface area contributed by atoms with Crippen LogP contribution < -0.4 is 4.90 Å². The van der Waals surface area contributed by atoms with Crippen molar-refractivity contribution in [3.05, 3.63) is 53.7 Å². The molecule has 0 radical (unpaired) electrons. The summed E-state index contributed by atoms with van der Waals surface area (Å²) in [4.78, 5) is 12.4. The van der Waals surface area contributed by atoms with E-state index in [1.54, 1.807) is 24.3 Å². The summed E-state index contributed by atoms with van der Waals surface area (Å²) in [5.74, 6) is 0.745. The molecule has 0 saturated heterocycles. The molecule has 0 spiro atoms. The molecule has 3 nitrogen and oxygen atoms in total. The highest BCUT2D eigenvalue weighted by atomic mass is 19.1. The normalized spacial score (nSPS) is 10.2. The monoisotopic (exact) mass is 233 g/mol. The quantitative estimate of drug-likeness (QED) is 0.761. The number of carbonyl (C=O) groups excluding carboxylic acids is 1. The summed E-state index contributed by atoms with van der Waals surface area (Å²) in [6, 6.07) is 9.58. The Labute approximate surface area is 98.5 Å². The maximum atomic E-state index is 12.8. The highest BCUT2D eigenvalue weighted by molar-refractivity contribution is 5.70. The number of hydrogen-bond donors (Lipinski definition) is 0. The van der Waals surface area contributed by atoms with Crippen LogP contribution in [-0.4, -0.2) is 13.3 Å². The van der Waals surface area contributed by atoms with E-state index in [9.17, 15) is 9.18 Å². The molecule has 1 aromatic carbocycles. The molecule has 4 heteroatoms. The third-order valence-electron chi connectivity index (χ3n) is 2.46. The first-order chi connectivity index (χ1) is 8.19. The lowest BCUT2D eigenvalue weighted by molar-refractivity contribution is 0.109. The molecular weight excluding hydrogens is 221 g/mol. The number of aldehydes is 1. The van der Waals surface area contributed by atoms with Crippen molar-refractivity contribution >= 4 is 12.0 Å². The molecule has 2 rings (SSSR count). The molecule has 2 aromatic rings. The molecule has 0 bridgehead atoms. The minimum absolute atomic E-state index is 0.261. The van der Waals surface area contributed by atoms with E-state index in [1.165, 1.54) is 12.1 Å². The molecule has 0 N–H and O–H groups in total. The van der Waals surface area contributed by atoms with E-state index in [2.05, 4.69) is 0 Å². The van der Waals surface area contributed by atoms with Gasteiger partial charge < -0.3 is 9.32 Å². The summed E-state index contributed by atoms with van der Waals surface area (Å²) in [5, 5.41) is 0. The van der Waals surface area contributed by atoms with Crippen LogP contribution in [-0.2, 0) is 6.54 Å². The molecule has 0 saturated carbocycles. The molecule has 0 atom stereocenters. The van der Waals surface area contributed by atoms with Crippen molar-refractivity contribution in [2.45, 2.75) is 6.54 Å². The van der Waals surface area contributed by atoms with Gasteiger partial charge in [-0.2, -0.15) is 0 Å². The van der Waals surface area contributed by atoms with E-state index in [1.807, 2.05) is 11.9 Å². The van der Waals surface area contributed by atoms with Gasteiger partial charge in [-0.15, -0.1) is 0 Å². The van der Waals surface area contributed by atoms with Crippen molar-refractivity contribution in [2.75, 3.05) is 11.9 Å². The minimum atomic E-state index is -0.261. The van der Waals surface area contributed by atoms with Crippen LogP contribution in [0.5, 0.6) is 0 Å². The van der Waals surface area contributed by atoms with Gasteiger partial charge in [-0.05, 0) is 36.4 Å². The fourth-order valence-electron chi connectivity index (χ4n) is 1.56. The molecule has 0 amide bonds. The van der Waals surface area contributed by atoms with Crippen LogP contribution >= 0.6 is 0 Å². The number of carbonyl (C=O) groups is 1. The van der Waals surface area contributed by atoms with Crippen LogP contribution in [0.1, 0.15) is 16.3 Å². The number of anilines is 1. The highest BCUT2D eigenvalue weighted by Crippen LogP contribution is 2.16. The zero-order chi connectivity index (χ0) is 12.3. The summed E-state index contributed by atoms with van der Waals surface area (Å²) < 4.78 is 18.0. The Balaban J connectivity index is 2.08. The van der Waals surface area contributed by atoms with E-state index in [0.29, 0.717) is 24.4 Å². The number of hydrogen-bond acceptors (Lipinski definition) is 3. The summed E-state index contributed by atoms with van der Waals surface area (Å²) in [7, 11) is 1.87. The highest BCUT2D eigenvalue weighted by Gasteiger charge is 2.06. The Morgan fingerprint density at radius 1 is 1.24 bits per heavy atom. The number of benzene rings is 1. The van der Waals surface area contributed by atoms with Gasteiger partial charge in [0.05, 0.1) is 6.54 Å². The first-order valence-electron chi connectivity index (χ1n) is 5.19. The second-order valence-electron chi connectivity index (χ2n) is 3.75. The second kappa shape index (κ2) is 4.82. The predicted molar refractivity (Wildman–Crippen MR) is 62.6 cm³/mol. The smallest absolute Gasteiger partial charge is 0.185 e. The van der Waals surface area contributed by atoms with E-state index in [0.717, 1.165) is 5.69 Å². The van der Waals surface area contributed by atoms with Crippen LogP contribution in [0.4, 0.5) is 10.1 Å². The lowest BCUT2D eigenvalue weighted by Gasteiger charge is -2.17. The summed E-state index contributed by atoms with van der Waals surface area (Å²) in [5.41, 5.74) is 0.885. The Hall–Kier alpha value is -2.10. The van der Waals surface area contributed by atoms with Crippen molar-refractivity contribution in [2.24, 2.45) is 0 Å². The third kappa shape index (κ3) is 2.72. The van der Waals surface area contributed by atoms with Gasteiger partial charge in [-0.1, -0.05) is 0 Å². The van der Waals surface area contributed by atoms with Gasteiger partial charge in [0.1, 0.15) is 11.6 Å². The average Bonchev–Trinajstić information content (AvgIpc) is 2.77. The van der Waals surface area contributed by atoms with Crippen molar-refractivity contribution in [1.29, 1.82) is 0 Å². The first-order valence-corrected chi connectivity index (χ1v) is 5.19. The van der Waals surface area contributed by atoms with Crippen molar-refractivity contribution in [3.63, 3.8) is 0 Å². The Morgan fingerprint density at radius 3 is 2.53 bits per heavy atom. The second-order valence-corrected chi connectivity index (χ2v) is 3.75. The van der Waals surface area contributed by atoms with Gasteiger partial charge in [-0.25, -0.2) is 4.39 Å². The molecule has 0 fully saturated rings. The molecule has 17 heavy (non-hydrogen) atoms. The zero-order valence-corrected chi connectivity index (χ0v) is 9.39. The lowest BCUT2D eigenvalue weighted by Crippen LogP contribution is -2.15. The van der Waals surface area contributed by atoms with Gasteiger partial charge in [0, 0.05) is 12.7 Å². The largest absolute Gasteiger partial charge is 0.456 e. The average molecular weight is 233 g/mol. The van der Waals surface area contributed by atoms with E-state index in [-0.39, 0.29) is 5.82 Å². The fourth-order valence-corrected chi connectivity index (χ4v) is 1.56. The molecule has 1 aromatic heterocycles. The van der Waals surface area contributed by atoms with Crippen molar-refractivity contribution < 1.29 is 13.6 Å². The Morgan fingerprint density at radius 2 is 1.94 bits per heavy atom. The summed E-state index contributed by atoms with van der Waals surface area (Å²) in [6.07, 6.45) is 0.668.